The smallest absolute Gasteiger partial charge is 0.159 e. The van der Waals surface area contributed by atoms with Crippen molar-refractivity contribution in [3.8, 4) is 56.2 Å². The molecule has 4 heteroatoms. The highest BCUT2D eigenvalue weighted by molar-refractivity contribution is 6.21. The Balaban J connectivity index is 1.38. The second kappa shape index (κ2) is 11.0. The van der Waals surface area contributed by atoms with E-state index in [9.17, 15) is 0 Å². The number of hydrogen-bond acceptors (Lipinski definition) is 4. The van der Waals surface area contributed by atoms with Gasteiger partial charge >= 0.3 is 0 Å². The molecule has 2 aromatic heterocycles. The van der Waals surface area contributed by atoms with Gasteiger partial charge in [0.15, 0.2) is 11.6 Å². The van der Waals surface area contributed by atoms with Crippen molar-refractivity contribution in [2.75, 3.05) is 0 Å². The summed E-state index contributed by atoms with van der Waals surface area (Å²) >= 11 is 0. The summed E-state index contributed by atoms with van der Waals surface area (Å²) in [5.41, 5.74) is 8.47. The zero-order chi connectivity index (χ0) is 29.3. The maximum atomic E-state index is 4.81. The van der Waals surface area contributed by atoms with Crippen molar-refractivity contribution in [1.29, 1.82) is 0 Å². The van der Waals surface area contributed by atoms with Crippen LogP contribution in [0, 0.1) is 0 Å². The van der Waals surface area contributed by atoms with E-state index in [0.29, 0.717) is 11.6 Å². The molecule has 206 valence electrons. The molecule has 0 spiro atoms. The molecule has 44 heavy (non-hydrogen) atoms. The van der Waals surface area contributed by atoms with Gasteiger partial charge in [0.05, 0.1) is 0 Å². The van der Waals surface area contributed by atoms with Gasteiger partial charge in [-0.3, -0.25) is 0 Å². The Bertz CT molecular complexity index is 2230. The molecule has 0 aliphatic rings. The van der Waals surface area contributed by atoms with E-state index in [1.165, 1.54) is 5.56 Å². The summed E-state index contributed by atoms with van der Waals surface area (Å²) < 4.78 is 0. The van der Waals surface area contributed by atoms with Crippen LogP contribution in [0.25, 0.3) is 77.7 Å². The first-order valence-electron chi connectivity index (χ1n) is 14.6. The van der Waals surface area contributed by atoms with Crippen LogP contribution in [0.1, 0.15) is 0 Å². The molecule has 8 rings (SSSR count). The monoisotopic (exact) mass is 562 g/mol. The third-order valence-corrected chi connectivity index (χ3v) is 8.08. The van der Waals surface area contributed by atoms with E-state index in [1.807, 2.05) is 91.5 Å². The minimum Gasteiger partial charge on any atom is -0.236 e. The molecule has 6 aromatic carbocycles. The molecule has 0 aliphatic heterocycles. The minimum absolute atomic E-state index is 0.709. The van der Waals surface area contributed by atoms with Crippen molar-refractivity contribution in [3.63, 3.8) is 0 Å². The maximum Gasteiger partial charge on any atom is 0.159 e. The van der Waals surface area contributed by atoms with Crippen LogP contribution >= 0.6 is 0 Å². The summed E-state index contributed by atoms with van der Waals surface area (Å²) in [6, 6.07) is 45.9. The van der Waals surface area contributed by atoms with E-state index in [-0.39, 0.29) is 0 Å². The molecule has 0 radical (unpaired) electrons. The molecule has 0 saturated carbocycles. The molecule has 0 atom stereocenters. The largest absolute Gasteiger partial charge is 0.236 e. The predicted molar refractivity (Wildman–Crippen MR) is 180 cm³/mol. The molecular formula is C40H26N4. The molecule has 0 saturated heterocycles. The van der Waals surface area contributed by atoms with E-state index in [0.717, 1.165) is 60.5 Å². The maximum absolute atomic E-state index is 4.81. The molecule has 0 bridgehead atoms. The van der Waals surface area contributed by atoms with Crippen LogP contribution in [0.15, 0.2) is 158 Å². The second-order valence-electron chi connectivity index (χ2n) is 10.7. The van der Waals surface area contributed by atoms with Gasteiger partial charge in [0.25, 0.3) is 0 Å². The minimum atomic E-state index is 0.709. The predicted octanol–water partition coefficient (Wildman–Crippen LogP) is 9.91. The number of aromatic nitrogens is 4. The SMILES string of the molecule is c1ccc(-c2ccc3c(-c4cnc(-c5ccccc5)nc4)c4ccccc4c(-c4cnc(-c5ccccc5)nc4)c3c2)cc1. The van der Waals surface area contributed by atoms with Crippen LogP contribution in [-0.2, 0) is 0 Å². The normalized spacial score (nSPS) is 11.2. The fraction of sp³-hybridized carbons (Fsp3) is 0. The van der Waals surface area contributed by atoms with Crippen molar-refractivity contribution in [1.82, 2.24) is 19.9 Å². The highest BCUT2D eigenvalue weighted by atomic mass is 14.9. The van der Waals surface area contributed by atoms with Crippen LogP contribution in [0.5, 0.6) is 0 Å². The summed E-state index contributed by atoms with van der Waals surface area (Å²) in [5.74, 6) is 1.42. The highest BCUT2D eigenvalue weighted by Gasteiger charge is 2.19. The number of hydrogen-bond donors (Lipinski definition) is 0. The van der Waals surface area contributed by atoms with Gasteiger partial charge in [-0.2, -0.15) is 0 Å². The Labute approximate surface area is 255 Å². The fourth-order valence-electron chi connectivity index (χ4n) is 6.00. The number of benzene rings is 6. The Morgan fingerprint density at radius 3 is 1.14 bits per heavy atom. The molecule has 0 N–H and O–H groups in total. The topological polar surface area (TPSA) is 51.6 Å². The molecule has 8 aromatic rings. The van der Waals surface area contributed by atoms with Crippen molar-refractivity contribution in [2.45, 2.75) is 0 Å². The van der Waals surface area contributed by atoms with Crippen LogP contribution in [-0.4, -0.2) is 19.9 Å². The van der Waals surface area contributed by atoms with E-state index >= 15 is 0 Å². The molecule has 4 nitrogen and oxygen atoms in total. The van der Waals surface area contributed by atoms with Crippen molar-refractivity contribution in [3.05, 3.63) is 158 Å². The van der Waals surface area contributed by atoms with E-state index in [2.05, 4.69) is 66.7 Å². The first kappa shape index (κ1) is 25.7. The lowest BCUT2D eigenvalue weighted by Gasteiger charge is -2.18. The fourth-order valence-corrected chi connectivity index (χ4v) is 6.00. The third-order valence-electron chi connectivity index (χ3n) is 8.08. The molecule has 0 fully saturated rings. The average molecular weight is 563 g/mol. The van der Waals surface area contributed by atoms with Crippen LogP contribution in [0.4, 0.5) is 0 Å². The van der Waals surface area contributed by atoms with E-state index in [1.54, 1.807) is 0 Å². The number of nitrogens with zero attached hydrogens (tertiary/aromatic N) is 4. The first-order chi connectivity index (χ1) is 21.8. The Hall–Kier alpha value is -6.00. The molecule has 2 heterocycles. The standard InChI is InChI=1S/C40H26N4/c1-4-12-27(13-5-1)30-20-21-35-36(22-30)38(32-25-43-40(44-26-32)29-16-8-3-9-17-29)34-19-11-10-18-33(34)37(35)31-23-41-39(42-24-31)28-14-6-2-7-15-28/h1-26H. The summed E-state index contributed by atoms with van der Waals surface area (Å²) in [6.07, 6.45) is 7.78. The van der Waals surface area contributed by atoms with Crippen LogP contribution in [0.3, 0.4) is 0 Å². The molecule has 0 unspecified atom stereocenters. The van der Waals surface area contributed by atoms with Gasteiger partial charge in [-0.15, -0.1) is 0 Å². The van der Waals surface area contributed by atoms with Gasteiger partial charge in [0.2, 0.25) is 0 Å². The van der Waals surface area contributed by atoms with Gasteiger partial charge in [-0.25, -0.2) is 19.9 Å². The van der Waals surface area contributed by atoms with Gasteiger partial charge in [0, 0.05) is 58.2 Å². The highest BCUT2D eigenvalue weighted by Crippen LogP contribution is 2.44. The van der Waals surface area contributed by atoms with E-state index < -0.39 is 0 Å². The van der Waals surface area contributed by atoms with Crippen LogP contribution in [0.2, 0.25) is 0 Å². The van der Waals surface area contributed by atoms with Gasteiger partial charge in [-0.1, -0.05) is 127 Å². The lowest BCUT2D eigenvalue weighted by molar-refractivity contribution is 1.18. The molecule has 0 aliphatic carbocycles. The number of rotatable bonds is 5. The zero-order valence-corrected chi connectivity index (χ0v) is 23.8. The average Bonchev–Trinajstić information content (AvgIpc) is 3.12. The third kappa shape index (κ3) is 4.59. The Kier molecular flexibility index (Phi) is 6.43. The Morgan fingerprint density at radius 2 is 0.659 bits per heavy atom. The Morgan fingerprint density at radius 1 is 0.273 bits per heavy atom. The zero-order valence-electron chi connectivity index (χ0n) is 23.8. The van der Waals surface area contributed by atoms with Crippen molar-refractivity contribution < 1.29 is 0 Å². The summed E-state index contributed by atoms with van der Waals surface area (Å²) in [7, 11) is 0. The van der Waals surface area contributed by atoms with Crippen molar-refractivity contribution >= 4 is 21.5 Å². The van der Waals surface area contributed by atoms with Gasteiger partial charge < -0.3 is 0 Å². The lowest BCUT2D eigenvalue weighted by Crippen LogP contribution is -1.95. The first-order valence-corrected chi connectivity index (χ1v) is 14.6. The lowest BCUT2D eigenvalue weighted by atomic mass is 9.86. The summed E-state index contributed by atoms with van der Waals surface area (Å²) in [6.45, 7) is 0. The van der Waals surface area contributed by atoms with Gasteiger partial charge in [0.1, 0.15) is 0 Å². The summed E-state index contributed by atoms with van der Waals surface area (Å²) in [5, 5.41) is 4.51. The van der Waals surface area contributed by atoms with Gasteiger partial charge in [-0.05, 0) is 38.7 Å². The van der Waals surface area contributed by atoms with Crippen molar-refractivity contribution in [2.24, 2.45) is 0 Å². The summed E-state index contributed by atoms with van der Waals surface area (Å²) in [4.78, 5) is 19.2. The second-order valence-corrected chi connectivity index (χ2v) is 10.7. The van der Waals surface area contributed by atoms with E-state index in [4.69, 9.17) is 19.9 Å². The quantitative estimate of drug-likeness (QED) is 0.196. The number of fused-ring (bicyclic) bond motifs is 2. The van der Waals surface area contributed by atoms with Crippen LogP contribution < -0.4 is 0 Å². The molecular weight excluding hydrogens is 536 g/mol. The molecule has 0 amide bonds.